The largest absolute Gasteiger partial charge is 0.457 e. The van der Waals surface area contributed by atoms with Gasteiger partial charge in [-0.15, -0.1) is 0 Å². The molecule has 3 rings (SSSR count). The Labute approximate surface area is 187 Å². The zero-order valence-corrected chi connectivity index (χ0v) is 19.7. The van der Waals surface area contributed by atoms with Gasteiger partial charge in [0.1, 0.15) is 12.2 Å². The Morgan fingerprint density at radius 3 is 2.31 bits per heavy atom. The number of sulfonamides is 1. The van der Waals surface area contributed by atoms with Crippen LogP contribution in [-0.2, 0) is 21.4 Å². The Bertz CT molecular complexity index is 1340. The molecule has 0 atom stereocenters. The fourth-order valence-corrected chi connectivity index (χ4v) is 5.29. The van der Waals surface area contributed by atoms with Gasteiger partial charge in [0.2, 0.25) is 10.0 Å². The number of ether oxygens (including phenoxy) is 1. The fourth-order valence-electron chi connectivity index (χ4n) is 3.58. The summed E-state index contributed by atoms with van der Waals surface area (Å²) in [6.07, 6.45) is 0. The summed E-state index contributed by atoms with van der Waals surface area (Å²) >= 11 is 0. The molecule has 0 bridgehead atoms. The molecule has 0 saturated heterocycles. The SMILES string of the molecule is CCN(CC)S(=O)(=O)c1cc(C(=O)OCc2cc(=O)oc3c(C)c(C)ccc23)ccc1C. The van der Waals surface area contributed by atoms with Gasteiger partial charge < -0.3 is 9.15 Å². The van der Waals surface area contributed by atoms with Crippen molar-refractivity contribution in [3.63, 3.8) is 0 Å². The topological polar surface area (TPSA) is 93.9 Å². The van der Waals surface area contributed by atoms with Crippen molar-refractivity contribution in [1.29, 1.82) is 0 Å². The van der Waals surface area contributed by atoms with Crippen molar-refractivity contribution >= 4 is 27.0 Å². The van der Waals surface area contributed by atoms with Crippen LogP contribution in [0.1, 0.15) is 46.5 Å². The van der Waals surface area contributed by atoms with Crippen molar-refractivity contribution in [3.05, 3.63) is 74.6 Å². The Hall–Kier alpha value is -2.97. The van der Waals surface area contributed by atoms with Gasteiger partial charge in [0.25, 0.3) is 0 Å². The molecule has 0 aliphatic heterocycles. The minimum absolute atomic E-state index is 0.0764. The number of nitrogens with zero attached hydrogens (tertiary/aromatic N) is 1. The lowest BCUT2D eigenvalue weighted by atomic mass is 10.0. The molecule has 0 saturated carbocycles. The zero-order valence-electron chi connectivity index (χ0n) is 18.9. The molecule has 8 heteroatoms. The van der Waals surface area contributed by atoms with Crippen molar-refractivity contribution in [2.75, 3.05) is 13.1 Å². The second-order valence-electron chi connectivity index (χ2n) is 7.62. The molecule has 32 heavy (non-hydrogen) atoms. The molecule has 0 radical (unpaired) electrons. The van der Waals surface area contributed by atoms with Gasteiger partial charge in [-0.05, 0) is 49.6 Å². The lowest BCUT2D eigenvalue weighted by Gasteiger charge is -2.20. The molecule has 1 aromatic heterocycles. The summed E-state index contributed by atoms with van der Waals surface area (Å²) in [7, 11) is -3.73. The second-order valence-corrected chi connectivity index (χ2v) is 9.53. The van der Waals surface area contributed by atoms with Crippen LogP contribution in [0.5, 0.6) is 0 Å². The summed E-state index contributed by atoms with van der Waals surface area (Å²) in [6.45, 7) is 9.51. The summed E-state index contributed by atoms with van der Waals surface area (Å²) in [5, 5.41) is 0.689. The third-order valence-electron chi connectivity index (χ3n) is 5.62. The molecule has 1 heterocycles. The second kappa shape index (κ2) is 9.26. The van der Waals surface area contributed by atoms with Crippen molar-refractivity contribution in [1.82, 2.24) is 4.31 Å². The Morgan fingerprint density at radius 1 is 1.00 bits per heavy atom. The highest BCUT2D eigenvalue weighted by molar-refractivity contribution is 7.89. The first kappa shape index (κ1) is 23.7. The van der Waals surface area contributed by atoms with E-state index < -0.39 is 21.6 Å². The first-order chi connectivity index (χ1) is 15.1. The molecule has 0 aliphatic rings. The van der Waals surface area contributed by atoms with Gasteiger partial charge in [0.15, 0.2) is 0 Å². The van der Waals surface area contributed by atoms with Crippen molar-refractivity contribution in [2.24, 2.45) is 0 Å². The van der Waals surface area contributed by atoms with Crippen LogP contribution in [0.3, 0.4) is 0 Å². The van der Waals surface area contributed by atoms with Crippen LogP contribution in [0.4, 0.5) is 0 Å². The van der Waals surface area contributed by atoms with Crippen LogP contribution in [0.2, 0.25) is 0 Å². The summed E-state index contributed by atoms with van der Waals surface area (Å²) in [4.78, 5) is 24.8. The predicted molar refractivity (Wildman–Crippen MR) is 122 cm³/mol. The molecule has 0 amide bonds. The fraction of sp³-hybridized carbons (Fsp3) is 0.333. The van der Waals surface area contributed by atoms with Gasteiger partial charge in [0.05, 0.1) is 10.5 Å². The van der Waals surface area contributed by atoms with E-state index in [1.807, 2.05) is 26.0 Å². The third kappa shape index (κ3) is 4.47. The van der Waals surface area contributed by atoms with Gasteiger partial charge in [-0.2, -0.15) is 4.31 Å². The van der Waals surface area contributed by atoms with Crippen LogP contribution >= 0.6 is 0 Å². The van der Waals surface area contributed by atoms with E-state index in [0.717, 1.165) is 11.1 Å². The number of carbonyl (C=O) groups excluding carboxylic acids is 1. The maximum atomic E-state index is 12.9. The minimum Gasteiger partial charge on any atom is -0.457 e. The number of rotatable bonds is 7. The summed E-state index contributed by atoms with van der Waals surface area (Å²) in [5.74, 6) is -0.675. The molecular weight excluding hydrogens is 430 g/mol. The molecule has 3 aromatic rings. The highest BCUT2D eigenvalue weighted by atomic mass is 32.2. The van der Waals surface area contributed by atoms with Gasteiger partial charge in [-0.1, -0.05) is 32.0 Å². The van der Waals surface area contributed by atoms with Crippen LogP contribution in [0.25, 0.3) is 11.0 Å². The quantitative estimate of drug-likeness (QED) is 0.392. The highest BCUT2D eigenvalue weighted by Crippen LogP contribution is 2.25. The molecule has 0 N–H and O–H groups in total. The molecule has 170 valence electrons. The normalized spacial score (nSPS) is 11.8. The standard InChI is InChI=1S/C24H27NO6S/c1-6-25(7-2)32(28,29)21-12-18(10-8-16(21)4)24(27)30-14-19-13-22(26)31-23-17(5)15(3)9-11-20(19)23/h8-13H,6-7,14H2,1-5H3. The number of hydrogen-bond acceptors (Lipinski definition) is 6. The van der Waals surface area contributed by atoms with Crippen LogP contribution < -0.4 is 5.63 Å². The maximum Gasteiger partial charge on any atom is 0.338 e. The molecule has 2 aromatic carbocycles. The lowest BCUT2D eigenvalue weighted by Crippen LogP contribution is -2.31. The molecule has 0 aliphatic carbocycles. The van der Waals surface area contributed by atoms with E-state index in [4.69, 9.17) is 9.15 Å². The third-order valence-corrected chi connectivity index (χ3v) is 7.82. The smallest absolute Gasteiger partial charge is 0.338 e. The predicted octanol–water partition coefficient (Wildman–Crippen LogP) is 4.11. The number of benzene rings is 2. The van der Waals surface area contributed by atoms with E-state index in [1.54, 1.807) is 26.8 Å². The van der Waals surface area contributed by atoms with Crippen LogP contribution in [-0.4, -0.2) is 31.8 Å². The number of esters is 1. The average Bonchev–Trinajstić information content (AvgIpc) is 2.75. The summed E-state index contributed by atoms with van der Waals surface area (Å²) in [6, 6.07) is 9.50. The molecule has 0 unspecified atom stereocenters. The number of carbonyl (C=O) groups is 1. The number of fused-ring (bicyclic) bond motifs is 1. The van der Waals surface area contributed by atoms with Gasteiger partial charge in [-0.3, -0.25) is 0 Å². The monoisotopic (exact) mass is 457 g/mol. The van der Waals surface area contributed by atoms with E-state index >= 15 is 0 Å². The van der Waals surface area contributed by atoms with E-state index in [1.165, 1.54) is 22.5 Å². The first-order valence-corrected chi connectivity index (χ1v) is 11.8. The first-order valence-electron chi connectivity index (χ1n) is 10.4. The highest BCUT2D eigenvalue weighted by Gasteiger charge is 2.25. The van der Waals surface area contributed by atoms with E-state index in [2.05, 4.69) is 0 Å². The van der Waals surface area contributed by atoms with Gasteiger partial charge in [-0.25, -0.2) is 18.0 Å². The average molecular weight is 458 g/mol. The van der Waals surface area contributed by atoms with Crippen molar-refractivity contribution < 1.29 is 22.4 Å². The zero-order chi connectivity index (χ0) is 23.6. The molecule has 0 fully saturated rings. The van der Waals surface area contributed by atoms with Gasteiger partial charge >= 0.3 is 11.6 Å². The van der Waals surface area contributed by atoms with Crippen molar-refractivity contribution in [3.8, 4) is 0 Å². The molecule has 0 spiro atoms. The maximum absolute atomic E-state index is 12.9. The summed E-state index contributed by atoms with van der Waals surface area (Å²) < 4.78 is 38.0. The Morgan fingerprint density at radius 2 is 1.66 bits per heavy atom. The number of hydrogen-bond donors (Lipinski definition) is 0. The molecule has 7 nitrogen and oxygen atoms in total. The van der Waals surface area contributed by atoms with E-state index in [-0.39, 0.29) is 17.1 Å². The van der Waals surface area contributed by atoms with Crippen LogP contribution in [0.15, 0.2) is 50.5 Å². The van der Waals surface area contributed by atoms with Gasteiger partial charge in [0, 0.05) is 30.1 Å². The Kier molecular flexibility index (Phi) is 6.85. The Balaban J connectivity index is 1.91. The van der Waals surface area contributed by atoms with Crippen LogP contribution in [0, 0.1) is 20.8 Å². The van der Waals surface area contributed by atoms with Crippen molar-refractivity contribution in [2.45, 2.75) is 46.1 Å². The summed E-state index contributed by atoms with van der Waals surface area (Å²) in [5.41, 5.74) is 2.96. The number of aryl methyl sites for hydroxylation is 3. The minimum atomic E-state index is -3.73. The lowest BCUT2D eigenvalue weighted by molar-refractivity contribution is 0.0473. The van der Waals surface area contributed by atoms with E-state index in [9.17, 15) is 18.0 Å². The molecular formula is C24H27NO6S. The van der Waals surface area contributed by atoms with E-state index in [0.29, 0.717) is 35.2 Å².